The van der Waals surface area contributed by atoms with Gasteiger partial charge >= 0.3 is 0 Å². The Labute approximate surface area is 91.0 Å². The molecular formula is C11H21NO3. The fraction of sp³-hybridized carbons (Fsp3) is 0.909. The van der Waals surface area contributed by atoms with Crippen molar-refractivity contribution >= 4 is 5.91 Å². The van der Waals surface area contributed by atoms with Crippen LogP contribution >= 0.6 is 0 Å². The molecule has 0 saturated carbocycles. The quantitative estimate of drug-likeness (QED) is 0.714. The first-order valence-corrected chi connectivity index (χ1v) is 5.74. The van der Waals surface area contributed by atoms with Gasteiger partial charge in [0.25, 0.3) is 0 Å². The van der Waals surface area contributed by atoms with Crippen LogP contribution in [0.25, 0.3) is 0 Å². The zero-order valence-corrected chi connectivity index (χ0v) is 9.37. The highest BCUT2D eigenvalue weighted by Gasteiger charge is 2.15. The molecule has 88 valence electrons. The number of carbonyl (C=O) groups is 1. The molecule has 4 nitrogen and oxygen atoms in total. The van der Waals surface area contributed by atoms with Gasteiger partial charge in [-0.15, -0.1) is 0 Å². The molecular weight excluding hydrogens is 194 g/mol. The largest absolute Gasteiger partial charge is 0.394 e. The van der Waals surface area contributed by atoms with Gasteiger partial charge in [-0.05, 0) is 32.6 Å². The average Bonchev–Trinajstić information content (AvgIpc) is 2.27. The summed E-state index contributed by atoms with van der Waals surface area (Å²) < 4.78 is 5.53. The first kappa shape index (κ1) is 12.5. The molecule has 2 atom stereocenters. The van der Waals surface area contributed by atoms with Gasteiger partial charge in [-0.25, -0.2) is 0 Å². The van der Waals surface area contributed by atoms with E-state index in [-0.39, 0.29) is 24.7 Å². The van der Waals surface area contributed by atoms with Crippen molar-refractivity contribution in [1.29, 1.82) is 0 Å². The number of aliphatic hydroxyl groups excluding tert-OH is 1. The van der Waals surface area contributed by atoms with E-state index >= 15 is 0 Å². The lowest BCUT2D eigenvalue weighted by Crippen LogP contribution is -2.35. The van der Waals surface area contributed by atoms with Crippen LogP contribution in [0.15, 0.2) is 0 Å². The normalized spacial score (nSPS) is 23.5. The van der Waals surface area contributed by atoms with E-state index < -0.39 is 0 Å². The minimum absolute atomic E-state index is 0.00530. The molecule has 4 heteroatoms. The van der Waals surface area contributed by atoms with E-state index in [1.165, 1.54) is 6.42 Å². The third kappa shape index (κ3) is 5.14. The smallest absolute Gasteiger partial charge is 0.220 e. The van der Waals surface area contributed by atoms with Crippen molar-refractivity contribution in [1.82, 2.24) is 5.32 Å². The van der Waals surface area contributed by atoms with E-state index in [0.29, 0.717) is 6.42 Å². The predicted molar refractivity (Wildman–Crippen MR) is 57.5 cm³/mol. The first-order valence-electron chi connectivity index (χ1n) is 5.74. The van der Waals surface area contributed by atoms with Crippen molar-refractivity contribution in [3.8, 4) is 0 Å². The second-order valence-corrected chi connectivity index (χ2v) is 4.18. The lowest BCUT2D eigenvalue weighted by molar-refractivity contribution is -0.123. The molecule has 1 aliphatic heterocycles. The molecule has 1 saturated heterocycles. The third-order valence-electron chi connectivity index (χ3n) is 2.65. The number of hydrogen-bond donors (Lipinski definition) is 2. The zero-order valence-electron chi connectivity index (χ0n) is 9.37. The summed E-state index contributed by atoms with van der Waals surface area (Å²) in [6.07, 6.45) is 4.97. The van der Waals surface area contributed by atoms with Crippen LogP contribution in [0.2, 0.25) is 0 Å². The maximum Gasteiger partial charge on any atom is 0.220 e. The average molecular weight is 215 g/mol. The van der Waals surface area contributed by atoms with Crippen LogP contribution in [-0.4, -0.2) is 36.4 Å². The Morgan fingerprint density at radius 1 is 1.60 bits per heavy atom. The Balaban J connectivity index is 2.10. The molecule has 2 N–H and O–H groups in total. The highest BCUT2D eigenvalue weighted by Crippen LogP contribution is 2.16. The van der Waals surface area contributed by atoms with Crippen molar-refractivity contribution in [2.45, 2.75) is 51.2 Å². The van der Waals surface area contributed by atoms with Crippen LogP contribution in [-0.2, 0) is 9.53 Å². The lowest BCUT2D eigenvalue weighted by atomic mass is 10.0. The summed E-state index contributed by atoms with van der Waals surface area (Å²) >= 11 is 0. The van der Waals surface area contributed by atoms with E-state index in [4.69, 9.17) is 9.84 Å². The number of ether oxygens (including phenoxy) is 1. The molecule has 1 heterocycles. The van der Waals surface area contributed by atoms with Gasteiger partial charge in [0.2, 0.25) is 5.91 Å². The summed E-state index contributed by atoms with van der Waals surface area (Å²) in [7, 11) is 0. The van der Waals surface area contributed by atoms with Gasteiger partial charge in [0, 0.05) is 19.1 Å². The van der Waals surface area contributed by atoms with Gasteiger partial charge in [0.1, 0.15) is 0 Å². The van der Waals surface area contributed by atoms with Crippen LogP contribution in [0.1, 0.15) is 39.0 Å². The number of nitrogens with one attached hydrogen (secondary N) is 1. The summed E-state index contributed by atoms with van der Waals surface area (Å²) in [5, 5.41) is 11.5. The van der Waals surface area contributed by atoms with Gasteiger partial charge < -0.3 is 15.2 Å². The predicted octanol–water partition coefficient (Wildman–Crippen LogP) is 0.833. The monoisotopic (exact) mass is 215 g/mol. The van der Waals surface area contributed by atoms with Gasteiger partial charge in [-0.3, -0.25) is 4.79 Å². The minimum atomic E-state index is -0.148. The summed E-state index contributed by atoms with van der Waals surface area (Å²) in [4.78, 5) is 11.4. The highest BCUT2D eigenvalue weighted by molar-refractivity contribution is 5.76. The number of rotatable bonds is 5. The standard InChI is InChI=1S/C11H21NO3/c1-9(8-13)12-11(14)6-5-10-4-2-3-7-15-10/h9-10,13H,2-8H2,1H3,(H,12,14)/t9-,10?/m1/s1. The van der Waals surface area contributed by atoms with Crippen LogP contribution in [0.5, 0.6) is 0 Å². The Kier molecular flexibility index (Phi) is 5.65. The first-order chi connectivity index (χ1) is 7.22. The molecule has 1 aliphatic rings. The Hall–Kier alpha value is -0.610. The molecule has 0 aromatic carbocycles. The number of hydrogen-bond acceptors (Lipinski definition) is 3. The molecule has 0 bridgehead atoms. The number of aliphatic hydroxyl groups is 1. The zero-order chi connectivity index (χ0) is 11.1. The Morgan fingerprint density at radius 2 is 2.40 bits per heavy atom. The molecule has 0 aromatic rings. The second-order valence-electron chi connectivity index (χ2n) is 4.18. The van der Waals surface area contributed by atoms with Gasteiger partial charge in [-0.1, -0.05) is 0 Å². The highest BCUT2D eigenvalue weighted by atomic mass is 16.5. The lowest BCUT2D eigenvalue weighted by Gasteiger charge is -2.22. The third-order valence-corrected chi connectivity index (χ3v) is 2.65. The molecule has 1 amide bonds. The van der Waals surface area contributed by atoms with Gasteiger partial charge in [0.15, 0.2) is 0 Å². The van der Waals surface area contributed by atoms with E-state index in [1.54, 1.807) is 6.92 Å². The molecule has 0 spiro atoms. The number of carbonyl (C=O) groups excluding carboxylic acids is 1. The van der Waals surface area contributed by atoms with E-state index in [1.807, 2.05) is 0 Å². The second kappa shape index (κ2) is 6.80. The van der Waals surface area contributed by atoms with Crippen molar-refractivity contribution in [2.75, 3.05) is 13.2 Å². The molecule has 15 heavy (non-hydrogen) atoms. The van der Waals surface area contributed by atoms with E-state index in [9.17, 15) is 4.79 Å². The topological polar surface area (TPSA) is 58.6 Å². The molecule has 1 fully saturated rings. The molecule has 1 unspecified atom stereocenters. The van der Waals surface area contributed by atoms with Crippen molar-refractivity contribution in [3.63, 3.8) is 0 Å². The maximum atomic E-state index is 11.4. The van der Waals surface area contributed by atoms with Crippen LogP contribution in [0.3, 0.4) is 0 Å². The molecule has 1 rings (SSSR count). The summed E-state index contributed by atoms with van der Waals surface area (Å²) in [5.41, 5.74) is 0. The van der Waals surface area contributed by atoms with Crippen LogP contribution < -0.4 is 5.32 Å². The van der Waals surface area contributed by atoms with Crippen molar-refractivity contribution < 1.29 is 14.6 Å². The van der Waals surface area contributed by atoms with Gasteiger partial charge in [-0.2, -0.15) is 0 Å². The maximum absolute atomic E-state index is 11.4. The summed E-state index contributed by atoms with van der Waals surface area (Å²) in [6.45, 7) is 2.61. The SMILES string of the molecule is C[C@H](CO)NC(=O)CCC1CCCCO1. The minimum Gasteiger partial charge on any atom is -0.394 e. The van der Waals surface area contributed by atoms with E-state index in [0.717, 1.165) is 25.9 Å². The Bertz CT molecular complexity index is 190. The van der Waals surface area contributed by atoms with Crippen molar-refractivity contribution in [3.05, 3.63) is 0 Å². The Morgan fingerprint density at radius 3 is 3.00 bits per heavy atom. The van der Waals surface area contributed by atoms with Gasteiger partial charge in [0.05, 0.1) is 12.7 Å². The molecule has 0 aliphatic carbocycles. The van der Waals surface area contributed by atoms with E-state index in [2.05, 4.69) is 5.32 Å². The number of amides is 1. The fourth-order valence-corrected chi connectivity index (χ4v) is 1.72. The molecule has 0 aromatic heterocycles. The summed E-state index contributed by atoms with van der Waals surface area (Å²) in [6, 6.07) is -0.148. The fourth-order valence-electron chi connectivity index (χ4n) is 1.72. The van der Waals surface area contributed by atoms with Crippen LogP contribution in [0.4, 0.5) is 0 Å². The van der Waals surface area contributed by atoms with Crippen molar-refractivity contribution in [2.24, 2.45) is 0 Å². The molecule has 0 radical (unpaired) electrons. The summed E-state index contributed by atoms with van der Waals surface area (Å²) in [5.74, 6) is 0.00530. The van der Waals surface area contributed by atoms with Crippen LogP contribution in [0, 0.1) is 0 Å².